The minimum absolute atomic E-state index is 0.0479. The van der Waals surface area contributed by atoms with Gasteiger partial charge in [-0.1, -0.05) is 0 Å². The van der Waals surface area contributed by atoms with Crippen molar-refractivity contribution in [1.29, 1.82) is 0 Å². The van der Waals surface area contributed by atoms with Crippen LogP contribution in [-0.4, -0.2) is 40.4 Å². The van der Waals surface area contributed by atoms with Crippen molar-refractivity contribution in [2.75, 3.05) is 25.1 Å². The van der Waals surface area contributed by atoms with E-state index < -0.39 is 10.5 Å². The zero-order valence-electron chi connectivity index (χ0n) is 11.2. The number of nitro benzene ring substituents is 1. The molecule has 0 atom stereocenters. The Morgan fingerprint density at radius 2 is 2.19 bits per heavy atom. The van der Waals surface area contributed by atoms with Crippen molar-refractivity contribution < 1.29 is 19.2 Å². The predicted molar refractivity (Wildman–Crippen MR) is 74.2 cm³/mol. The highest BCUT2D eigenvalue weighted by Crippen LogP contribution is 2.25. The minimum Gasteiger partial charge on any atom is -0.423 e. The highest BCUT2D eigenvalue weighted by Gasteiger charge is 2.30. The molecule has 2 aromatic rings. The standard InChI is InChI=1S/C13H15N3O5/c17-13(3-5-20-6-4-13)8-14-12-15-10-2-1-9(16(18)19)7-11(10)21-12/h1-2,7,17H,3-6,8H2,(H,14,15). The quantitative estimate of drug-likeness (QED) is 0.651. The first-order chi connectivity index (χ1) is 10.1. The molecular weight excluding hydrogens is 278 g/mol. The number of nitro groups is 1. The molecule has 2 heterocycles. The van der Waals surface area contributed by atoms with Gasteiger partial charge in [0.1, 0.15) is 5.52 Å². The molecule has 1 saturated heterocycles. The minimum atomic E-state index is -0.842. The van der Waals surface area contributed by atoms with Crippen LogP contribution >= 0.6 is 0 Å². The summed E-state index contributed by atoms with van der Waals surface area (Å²) in [6, 6.07) is 4.48. The van der Waals surface area contributed by atoms with Crippen molar-refractivity contribution in [2.45, 2.75) is 18.4 Å². The van der Waals surface area contributed by atoms with Gasteiger partial charge >= 0.3 is 0 Å². The molecule has 1 aromatic heterocycles. The van der Waals surface area contributed by atoms with E-state index in [1.54, 1.807) is 0 Å². The first-order valence-electron chi connectivity index (χ1n) is 6.65. The van der Waals surface area contributed by atoms with Crippen LogP contribution in [0, 0.1) is 10.1 Å². The average molecular weight is 293 g/mol. The summed E-state index contributed by atoms with van der Waals surface area (Å²) in [7, 11) is 0. The number of hydrogen-bond donors (Lipinski definition) is 2. The molecule has 0 radical (unpaired) electrons. The lowest BCUT2D eigenvalue weighted by Gasteiger charge is -2.31. The van der Waals surface area contributed by atoms with Gasteiger partial charge in [0, 0.05) is 38.7 Å². The Bertz CT molecular complexity index is 663. The Hall–Kier alpha value is -2.19. The molecule has 3 rings (SSSR count). The number of rotatable bonds is 4. The normalized spacial score (nSPS) is 17.8. The first-order valence-corrected chi connectivity index (χ1v) is 6.65. The summed E-state index contributed by atoms with van der Waals surface area (Å²) >= 11 is 0. The van der Waals surface area contributed by atoms with E-state index in [-0.39, 0.29) is 11.7 Å². The molecule has 21 heavy (non-hydrogen) atoms. The highest BCUT2D eigenvalue weighted by atomic mass is 16.6. The zero-order chi connectivity index (χ0) is 14.9. The smallest absolute Gasteiger partial charge is 0.295 e. The fourth-order valence-electron chi connectivity index (χ4n) is 2.27. The van der Waals surface area contributed by atoms with Gasteiger partial charge in [-0.25, -0.2) is 0 Å². The van der Waals surface area contributed by atoms with E-state index in [9.17, 15) is 15.2 Å². The van der Waals surface area contributed by atoms with E-state index in [1.807, 2.05) is 0 Å². The Morgan fingerprint density at radius 3 is 2.90 bits per heavy atom. The van der Waals surface area contributed by atoms with Crippen LogP contribution in [0.25, 0.3) is 11.1 Å². The van der Waals surface area contributed by atoms with E-state index in [1.165, 1.54) is 18.2 Å². The molecule has 8 heteroatoms. The molecule has 1 aromatic carbocycles. The molecule has 0 spiro atoms. The third-order valence-corrected chi connectivity index (χ3v) is 3.58. The van der Waals surface area contributed by atoms with E-state index >= 15 is 0 Å². The van der Waals surface area contributed by atoms with Crippen molar-refractivity contribution in [3.05, 3.63) is 28.3 Å². The molecule has 8 nitrogen and oxygen atoms in total. The summed E-state index contributed by atoms with van der Waals surface area (Å²) in [6.45, 7) is 1.35. The Labute approximate surface area is 119 Å². The van der Waals surface area contributed by atoms with E-state index in [2.05, 4.69) is 10.3 Å². The number of aromatic nitrogens is 1. The van der Waals surface area contributed by atoms with Gasteiger partial charge in [-0.05, 0) is 6.07 Å². The van der Waals surface area contributed by atoms with Gasteiger partial charge in [0.05, 0.1) is 16.6 Å². The Kier molecular flexibility index (Phi) is 3.48. The van der Waals surface area contributed by atoms with Gasteiger partial charge in [0.15, 0.2) is 5.58 Å². The van der Waals surface area contributed by atoms with Gasteiger partial charge < -0.3 is 19.6 Å². The highest BCUT2D eigenvalue weighted by molar-refractivity contribution is 5.77. The fraction of sp³-hybridized carbons (Fsp3) is 0.462. The lowest BCUT2D eigenvalue weighted by atomic mass is 9.94. The molecule has 0 aliphatic carbocycles. The maximum atomic E-state index is 10.7. The average Bonchev–Trinajstić information content (AvgIpc) is 2.88. The Morgan fingerprint density at radius 1 is 1.43 bits per heavy atom. The topological polar surface area (TPSA) is 111 Å². The number of nitrogens with one attached hydrogen (secondary N) is 1. The second kappa shape index (κ2) is 5.30. The molecular formula is C13H15N3O5. The monoisotopic (exact) mass is 293 g/mol. The second-order valence-corrected chi connectivity index (χ2v) is 5.12. The van der Waals surface area contributed by atoms with Gasteiger partial charge in [0.2, 0.25) is 0 Å². The molecule has 0 bridgehead atoms. The van der Waals surface area contributed by atoms with Crippen LogP contribution in [0.5, 0.6) is 0 Å². The number of aliphatic hydroxyl groups is 1. The van der Waals surface area contributed by atoms with Crippen molar-refractivity contribution in [1.82, 2.24) is 4.98 Å². The van der Waals surface area contributed by atoms with Crippen LogP contribution in [0.4, 0.5) is 11.7 Å². The third-order valence-electron chi connectivity index (χ3n) is 3.58. The van der Waals surface area contributed by atoms with E-state index in [0.29, 0.717) is 43.7 Å². The van der Waals surface area contributed by atoms with E-state index in [0.717, 1.165) is 0 Å². The maximum Gasteiger partial charge on any atom is 0.295 e. The summed E-state index contributed by atoms with van der Waals surface area (Å²) in [4.78, 5) is 14.4. The lowest BCUT2D eigenvalue weighted by molar-refractivity contribution is -0.384. The van der Waals surface area contributed by atoms with Crippen molar-refractivity contribution in [2.24, 2.45) is 0 Å². The summed E-state index contributed by atoms with van der Waals surface area (Å²) in [6.07, 6.45) is 1.09. The summed E-state index contributed by atoms with van der Waals surface area (Å²) in [5, 5.41) is 24.0. The summed E-state index contributed by atoms with van der Waals surface area (Å²) in [5.41, 5.74) is -0.0220. The predicted octanol–water partition coefficient (Wildman–Crippen LogP) is 1.69. The molecule has 0 amide bonds. The molecule has 1 aliphatic heterocycles. The van der Waals surface area contributed by atoms with Crippen molar-refractivity contribution >= 4 is 22.8 Å². The number of benzene rings is 1. The van der Waals surface area contributed by atoms with Gasteiger partial charge in [0.25, 0.3) is 11.7 Å². The molecule has 1 aliphatic rings. The lowest BCUT2D eigenvalue weighted by Crippen LogP contribution is -2.42. The molecule has 0 unspecified atom stereocenters. The van der Waals surface area contributed by atoms with Gasteiger partial charge in [-0.15, -0.1) is 0 Å². The second-order valence-electron chi connectivity index (χ2n) is 5.12. The number of oxazole rings is 1. The number of fused-ring (bicyclic) bond motifs is 1. The van der Waals surface area contributed by atoms with Crippen LogP contribution in [0.3, 0.4) is 0 Å². The van der Waals surface area contributed by atoms with Crippen LogP contribution in [0.1, 0.15) is 12.8 Å². The number of non-ortho nitro benzene ring substituents is 1. The molecule has 2 N–H and O–H groups in total. The van der Waals surface area contributed by atoms with Crippen molar-refractivity contribution in [3.63, 3.8) is 0 Å². The largest absolute Gasteiger partial charge is 0.423 e. The van der Waals surface area contributed by atoms with Gasteiger partial charge in [-0.2, -0.15) is 4.98 Å². The number of ether oxygens (including phenoxy) is 1. The first kappa shape index (κ1) is 13.8. The molecule has 1 fully saturated rings. The SMILES string of the molecule is O=[N+]([O-])c1ccc2nc(NCC3(O)CCOCC3)oc2c1. The number of nitrogens with zero attached hydrogens (tertiary/aromatic N) is 2. The van der Waals surface area contributed by atoms with Gasteiger partial charge in [-0.3, -0.25) is 10.1 Å². The van der Waals surface area contributed by atoms with Crippen LogP contribution in [0.15, 0.2) is 22.6 Å². The maximum absolute atomic E-state index is 10.7. The van der Waals surface area contributed by atoms with Crippen molar-refractivity contribution in [3.8, 4) is 0 Å². The molecule has 0 saturated carbocycles. The third kappa shape index (κ3) is 2.96. The fourth-order valence-corrected chi connectivity index (χ4v) is 2.27. The zero-order valence-corrected chi connectivity index (χ0v) is 11.2. The van der Waals surface area contributed by atoms with Crippen LogP contribution in [0.2, 0.25) is 0 Å². The summed E-state index contributed by atoms with van der Waals surface area (Å²) < 4.78 is 10.6. The Balaban J connectivity index is 1.73. The number of anilines is 1. The van der Waals surface area contributed by atoms with Crippen LogP contribution in [-0.2, 0) is 4.74 Å². The summed E-state index contributed by atoms with van der Waals surface area (Å²) in [5.74, 6) is 0. The van der Waals surface area contributed by atoms with E-state index in [4.69, 9.17) is 9.15 Å². The number of hydrogen-bond acceptors (Lipinski definition) is 7. The molecule has 112 valence electrons. The van der Waals surface area contributed by atoms with Crippen LogP contribution < -0.4 is 5.32 Å².